The number of ether oxygens (including phenoxy) is 1. The smallest absolute Gasteiger partial charge is 0.230 e. The minimum atomic E-state index is 0.755. The maximum Gasteiger partial charge on any atom is 0.230 e. The van der Waals surface area contributed by atoms with Gasteiger partial charge < -0.3 is 14.5 Å². The van der Waals surface area contributed by atoms with Crippen molar-refractivity contribution in [1.82, 2.24) is 15.0 Å². The van der Waals surface area contributed by atoms with Crippen LogP contribution in [0.15, 0.2) is 6.33 Å². The fourth-order valence-corrected chi connectivity index (χ4v) is 2.26. The molecule has 0 amide bonds. The van der Waals surface area contributed by atoms with Gasteiger partial charge in [-0.15, -0.1) is 0 Å². The standard InChI is InChI=1S/C11H17N5O/c1-2-4-15(3-1)10-12-9-13-11(14-10)16-5-7-17-8-6-16/h9H,1-8H2. The van der Waals surface area contributed by atoms with Crippen molar-refractivity contribution >= 4 is 11.9 Å². The van der Waals surface area contributed by atoms with E-state index in [0.717, 1.165) is 51.3 Å². The Hall–Kier alpha value is -1.43. The molecule has 2 saturated heterocycles. The topological polar surface area (TPSA) is 54.4 Å². The molecule has 0 aromatic carbocycles. The molecule has 0 aliphatic carbocycles. The molecule has 3 heterocycles. The molecule has 1 aromatic heterocycles. The Bertz CT molecular complexity index is 374. The molecule has 0 bridgehead atoms. The second-order valence-corrected chi connectivity index (χ2v) is 4.38. The van der Waals surface area contributed by atoms with Crippen LogP contribution >= 0.6 is 0 Å². The van der Waals surface area contributed by atoms with E-state index in [-0.39, 0.29) is 0 Å². The summed E-state index contributed by atoms with van der Waals surface area (Å²) in [4.78, 5) is 17.5. The van der Waals surface area contributed by atoms with Gasteiger partial charge in [0.05, 0.1) is 13.2 Å². The average molecular weight is 235 g/mol. The highest BCUT2D eigenvalue weighted by Gasteiger charge is 2.18. The van der Waals surface area contributed by atoms with Crippen LogP contribution in [0.2, 0.25) is 0 Å². The Balaban J connectivity index is 1.77. The van der Waals surface area contributed by atoms with Gasteiger partial charge in [0.2, 0.25) is 11.9 Å². The largest absolute Gasteiger partial charge is 0.378 e. The quantitative estimate of drug-likeness (QED) is 0.735. The number of aromatic nitrogens is 3. The summed E-state index contributed by atoms with van der Waals surface area (Å²) in [5.41, 5.74) is 0. The first-order valence-corrected chi connectivity index (χ1v) is 6.20. The first-order chi connectivity index (χ1) is 8.43. The average Bonchev–Trinajstić information content (AvgIpc) is 2.94. The van der Waals surface area contributed by atoms with Gasteiger partial charge in [0.25, 0.3) is 0 Å². The molecule has 0 radical (unpaired) electrons. The van der Waals surface area contributed by atoms with Crippen molar-refractivity contribution in [3.8, 4) is 0 Å². The Morgan fingerprint density at radius 3 is 2.12 bits per heavy atom. The fraction of sp³-hybridized carbons (Fsp3) is 0.727. The lowest BCUT2D eigenvalue weighted by atomic mass is 10.4. The van der Waals surface area contributed by atoms with Crippen molar-refractivity contribution in [3.05, 3.63) is 6.33 Å². The minimum Gasteiger partial charge on any atom is -0.378 e. The third-order valence-electron chi connectivity index (χ3n) is 3.23. The number of hydrogen-bond donors (Lipinski definition) is 0. The summed E-state index contributed by atoms with van der Waals surface area (Å²) in [5.74, 6) is 1.60. The summed E-state index contributed by atoms with van der Waals surface area (Å²) in [6.45, 7) is 5.36. The summed E-state index contributed by atoms with van der Waals surface area (Å²) >= 11 is 0. The number of morpholine rings is 1. The van der Waals surface area contributed by atoms with Crippen molar-refractivity contribution in [2.75, 3.05) is 49.2 Å². The van der Waals surface area contributed by atoms with E-state index >= 15 is 0 Å². The molecule has 6 heteroatoms. The summed E-state index contributed by atoms with van der Waals surface area (Å²) in [7, 11) is 0. The van der Waals surface area contributed by atoms with Gasteiger partial charge >= 0.3 is 0 Å². The zero-order valence-electron chi connectivity index (χ0n) is 9.88. The molecule has 0 atom stereocenters. The third-order valence-corrected chi connectivity index (χ3v) is 3.23. The van der Waals surface area contributed by atoms with Crippen LogP contribution in [-0.2, 0) is 4.74 Å². The molecule has 92 valence electrons. The lowest BCUT2D eigenvalue weighted by molar-refractivity contribution is 0.122. The van der Waals surface area contributed by atoms with Crippen LogP contribution in [0.4, 0.5) is 11.9 Å². The van der Waals surface area contributed by atoms with E-state index in [4.69, 9.17) is 4.74 Å². The zero-order chi connectivity index (χ0) is 11.5. The molecule has 0 unspecified atom stereocenters. The second-order valence-electron chi connectivity index (χ2n) is 4.38. The van der Waals surface area contributed by atoms with Crippen molar-refractivity contribution in [3.63, 3.8) is 0 Å². The highest BCUT2D eigenvalue weighted by atomic mass is 16.5. The Kier molecular flexibility index (Phi) is 3.04. The molecular weight excluding hydrogens is 218 g/mol. The predicted octanol–water partition coefficient (Wildman–Crippen LogP) is 0.308. The Labute approximate surface area is 101 Å². The monoisotopic (exact) mass is 235 g/mol. The molecule has 1 aromatic rings. The molecule has 6 nitrogen and oxygen atoms in total. The molecule has 3 rings (SSSR count). The van der Waals surface area contributed by atoms with E-state index < -0.39 is 0 Å². The molecule has 0 N–H and O–H groups in total. The summed E-state index contributed by atoms with van der Waals surface area (Å²) in [6.07, 6.45) is 4.09. The lowest BCUT2D eigenvalue weighted by Gasteiger charge is -2.27. The second kappa shape index (κ2) is 4.83. The molecule has 2 aliphatic heterocycles. The van der Waals surface area contributed by atoms with Gasteiger partial charge in [-0.05, 0) is 12.8 Å². The van der Waals surface area contributed by atoms with Gasteiger partial charge in [0.15, 0.2) is 0 Å². The van der Waals surface area contributed by atoms with Gasteiger partial charge in [0.1, 0.15) is 6.33 Å². The van der Waals surface area contributed by atoms with Crippen molar-refractivity contribution < 1.29 is 4.74 Å². The molecular formula is C11H17N5O. The van der Waals surface area contributed by atoms with Crippen LogP contribution in [-0.4, -0.2) is 54.3 Å². The van der Waals surface area contributed by atoms with Crippen LogP contribution in [0.3, 0.4) is 0 Å². The zero-order valence-corrected chi connectivity index (χ0v) is 9.88. The maximum absolute atomic E-state index is 5.33. The summed E-state index contributed by atoms with van der Waals surface area (Å²) in [6, 6.07) is 0. The normalized spacial score (nSPS) is 20.9. The number of rotatable bonds is 2. The molecule has 0 spiro atoms. The van der Waals surface area contributed by atoms with Gasteiger partial charge in [-0.1, -0.05) is 0 Å². The summed E-state index contributed by atoms with van der Waals surface area (Å²) in [5, 5.41) is 0. The van der Waals surface area contributed by atoms with Crippen molar-refractivity contribution in [1.29, 1.82) is 0 Å². The minimum absolute atomic E-state index is 0.755. The van der Waals surface area contributed by atoms with E-state index in [1.165, 1.54) is 12.8 Å². The van der Waals surface area contributed by atoms with Gasteiger partial charge in [-0.2, -0.15) is 4.98 Å². The van der Waals surface area contributed by atoms with Crippen LogP contribution in [0.25, 0.3) is 0 Å². The number of hydrogen-bond acceptors (Lipinski definition) is 6. The first-order valence-electron chi connectivity index (χ1n) is 6.20. The van der Waals surface area contributed by atoms with E-state index in [1.54, 1.807) is 6.33 Å². The number of nitrogens with zero attached hydrogens (tertiary/aromatic N) is 5. The Morgan fingerprint density at radius 1 is 0.882 bits per heavy atom. The van der Waals surface area contributed by atoms with Crippen molar-refractivity contribution in [2.45, 2.75) is 12.8 Å². The highest BCUT2D eigenvalue weighted by Crippen LogP contribution is 2.17. The number of anilines is 2. The van der Waals surface area contributed by atoms with Crippen LogP contribution < -0.4 is 9.80 Å². The van der Waals surface area contributed by atoms with Gasteiger partial charge in [-0.25, -0.2) is 9.97 Å². The molecule has 17 heavy (non-hydrogen) atoms. The fourth-order valence-electron chi connectivity index (χ4n) is 2.26. The van der Waals surface area contributed by atoms with Crippen molar-refractivity contribution in [2.24, 2.45) is 0 Å². The first kappa shape index (κ1) is 10.7. The molecule has 2 fully saturated rings. The molecule has 0 saturated carbocycles. The van der Waals surface area contributed by atoms with E-state index in [9.17, 15) is 0 Å². The van der Waals surface area contributed by atoms with Gasteiger partial charge in [-0.3, -0.25) is 0 Å². The van der Waals surface area contributed by atoms with E-state index in [2.05, 4.69) is 24.8 Å². The van der Waals surface area contributed by atoms with E-state index in [1.807, 2.05) is 0 Å². The maximum atomic E-state index is 5.33. The third kappa shape index (κ3) is 2.31. The van der Waals surface area contributed by atoms with Crippen LogP contribution in [0.5, 0.6) is 0 Å². The SMILES string of the molecule is c1nc(N2CCCC2)nc(N2CCOCC2)n1. The van der Waals surface area contributed by atoms with E-state index in [0.29, 0.717) is 0 Å². The summed E-state index contributed by atoms with van der Waals surface area (Å²) < 4.78 is 5.33. The van der Waals surface area contributed by atoms with Crippen LogP contribution in [0, 0.1) is 0 Å². The Morgan fingerprint density at radius 2 is 1.47 bits per heavy atom. The van der Waals surface area contributed by atoms with Gasteiger partial charge in [0, 0.05) is 26.2 Å². The molecule has 2 aliphatic rings. The highest BCUT2D eigenvalue weighted by molar-refractivity contribution is 5.38. The van der Waals surface area contributed by atoms with Crippen LogP contribution in [0.1, 0.15) is 12.8 Å². The predicted molar refractivity (Wildman–Crippen MR) is 64.3 cm³/mol. The lowest BCUT2D eigenvalue weighted by Crippen LogP contribution is -2.37.